The van der Waals surface area contributed by atoms with Crippen LogP contribution in [-0.2, 0) is 6.54 Å². The van der Waals surface area contributed by atoms with Crippen LogP contribution in [-0.4, -0.2) is 20.5 Å². The molecule has 0 spiro atoms. The summed E-state index contributed by atoms with van der Waals surface area (Å²) in [5, 5.41) is 6.66. The molecule has 5 nitrogen and oxygen atoms in total. The van der Waals surface area contributed by atoms with Crippen LogP contribution in [0.25, 0.3) is 0 Å². The molecule has 0 amide bonds. The number of aromatic nitrogens is 3. The second-order valence-corrected chi connectivity index (χ2v) is 6.67. The molecule has 25 heavy (non-hydrogen) atoms. The van der Waals surface area contributed by atoms with Gasteiger partial charge >= 0.3 is 5.69 Å². The summed E-state index contributed by atoms with van der Waals surface area (Å²) < 4.78 is 1.58. The van der Waals surface area contributed by atoms with Crippen LogP contribution in [0.15, 0.2) is 70.6 Å². The summed E-state index contributed by atoms with van der Waals surface area (Å²) in [7, 11) is 0. The van der Waals surface area contributed by atoms with Crippen molar-refractivity contribution in [3.8, 4) is 0 Å². The minimum atomic E-state index is -0.464. The highest BCUT2D eigenvalue weighted by Crippen LogP contribution is 2.36. The van der Waals surface area contributed by atoms with Crippen LogP contribution in [0.2, 0.25) is 0 Å². The number of thioether (sulfide) groups is 1. The van der Waals surface area contributed by atoms with Gasteiger partial charge in [-0.2, -0.15) is 0 Å². The number of nitrogens with one attached hydrogen (secondary N) is 1. The van der Waals surface area contributed by atoms with Crippen LogP contribution in [0.1, 0.15) is 34.5 Å². The molecule has 1 aromatic heterocycles. The zero-order valence-corrected chi connectivity index (χ0v) is 14.7. The average molecular weight is 353 g/mol. The van der Waals surface area contributed by atoms with Crippen molar-refractivity contribution in [3.05, 3.63) is 82.3 Å². The molecule has 3 rings (SSSR count). The summed E-state index contributed by atoms with van der Waals surface area (Å²) in [5.41, 5.74) is 1.28. The van der Waals surface area contributed by atoms with Crippen LogP contribution in [0, 0.1) is 0 Å². The molecule has 0 aliphatic carbocycles. The fraction of sp³-hybridized carbons (Fsp3) is 0.211. The van der Waals surface area contributed by atoms with Gasteiger partial charge in [-0.1, -0.05) is 79.3 Å². The number of Topliss-reactive ketones (excluding diaryl/α,β-unsaturated/α-hetero) is 1. The van der Waals surface area contributed by atoms with Crippen LogP contribution in [0.4, 0.5) is 0 Å². The number of benzene rings is 2. The lowest BCUT2D eigenvalue weighted by atomic mass is 10.0. The van der Waals surface area contributed by atoms with E-state index in [1.165, 1.54) is 11.8 Å². The number of carbonyl (C=O) groups excluding carboxylic acids is 1. The SMILES string of the molecule is CCCn1c(SC(C(=O)c2ccccc2)c2ccccc2)n[nH]c1=O. The highest BCUT2D eigenvalue weighted by molar-refractivity contribution is 8.00. The molecule has 0 saturated carbocycles. The Morgan fingerprint density at radius 3 is 2.40 bits per heavy atom. The Kier molecular flexibility index (Phi) is 5.50. The Bertz CT molecular complexity index is 888. The van der Waals surface area contributed by atoms with Gasteiger partial charge in [0, 0.05) is 12.1 Å². The smallest absolute Gasteiger partial charge is 0.293 e. The molecule has 0 aliphatic heterocycles. The van der Waals surface area contributed by atoms with E-state index in [4.69, 9.17) is 0 Å². The number of rotatable bonds is 7. The normalized spacial score (nSPS) is 12.0. The van der Waals surface area contributed by atoms with Gasteiger partial charge in [-0.15, -0.1) is 5.10 Å². The van der Waals surface area contributed by atoms with Crippen LogP contribution in [0.3, 0.4) is 0 Å². The fourth-order valence-electron chi connectivity index (χ4n) is 2.57. The number of hydrogen-bond donors (Lipinski definition) is 1. The molecule has 6 heteroatoms. The summed E-state index contributed by atoms with van der Waals surface area (Å²) in [5.74, 6) is -0.00435. The van der Waals surface area contributed by atoms with E-state index in [2.05, 4.69) is 10.2 Å². The van der Waals surface area contributed by atoms with Gasteiger partial charge in [-0.25, -0.2) is 9.89 Å². The Balaban J connectivity index is 1.98. The summed E-state index contributed by atoms with van der Waals surface area (Å²) in [4.78, 5) is 25.0. The van der Waals surface area contributed by atoms with E-state index in [0.717, 1.165) is 12.0 Å². The molecule has 2 aromatic carbocycles. The van der Waals surface area contributed by atoms with Gasteiger partial charge in [0.1, 0.15) is 5.25 Å². The van der Waals surface area contributed by atoms with Gasteiger partial charge in [-0.05, 0) is 12.0 Å². The van der Waals surface area contributed by atoms with Crippen LogP contribution in [0.5, 0.6) is 0 Å². The molecule has 1 heterocycles. The van der Waals surface area contributed by atoms with Crippen molar-refractivity contribution in [2.24, 2.45) is 0 Å². The highest BCUT2D eigenvalue weighted by atomic mass is 32.2. The third kappa shape index (κ3) is 3.91. The third-order valence-electron chi connectivity index (χ3n) is 3.79. The third-order valence-corrected chi connectivity index (χ3v) is 5.04. The Morgan fingerprint density at radius 1 is 1.12 bits per heavy atom. The van der Waals surface area contributed by atoms with E-state index < -0.39 is 5.25 Å². The summed E-state index contributed by atoms with van der Waals surface area (Å²) >= 11 is 1.30. The largest absolute Gasteiger partial charge is 0.343 e. The molecule has 0 radical (unpaired) electrons. The molecule has 0 saturated heterocycles. The number of aromatic amines is 1. The molecular weight excluding hydrogens is 334 g/mol. The number of ketones is 1. The fourth-order valence-corrected chi connectivity index (χ4v) is 3.72. The lowest BCUT2D eigenvalue weighted by Gasteiger charge is -2.16. The Hall–Kier alpha value is -2.60. The number of hydrogen-bond acceptors (Lipinski definition) is 4. The van der Waals surface area contributed by atoms with Crippen molar-refractivity contribution in [2.45, 2.75) is 30.3 Å². The van der Waals surface area contributed by atoms with Gasteiger partial charge in [0.05, 0.1) is 0 Å². The van der Waals surface area contributed by atoms with E-state index in [-0.39, 0.29) is 11.5 Å². The maximum absolute atomic E-state index is 13.1. The Labute approximate surface area is 150 Å². The molecule has 0 bridgehead atoms. The first-order chi connectivity index (χ1) is 12.2. The predicted octanol–water partition coefficient (Wildman–Crippen LogP) is 3.70. The zero-order valence-electron chi connectivity index (χ0n) is 13.9. The summed E-state index contributed by atoms with van der Waals surface area (Å²) in [6.07, 6.45) is 0.815. The molecule has 1 N–H and O–H groups in total. The lowest BCUT2D eigenvalue weighted by molar-refractivity contribution is 0.0989. The molecule has 0 aliphatic rings. The maximum atomic E-state index is 13.1. The zero-order chi connectivity index (χ0) is 17.6. The topological polar surface area (TPSA) is 67.8 Å². The van der Waals surface area contributed by atoms with Crippen molar-refractivity contribution in [1.82, 2.24) is 14.8 Å². The van der Waals surface area contributed by atoms with Crippen molar-refractivity contribution in [3.63, 3.8) is 0 Å². The average Bonchev–Trinajstić information content (AvgIpc) is 3.01. The summed E-state index contributed by atoms with van der Waals surface area (Å²) in [6, 6.07) is 18.8. The van der Waals surface area contributed by atoms with E-state index >= 15 is 0 Å². The monoisotopic (exact) mass is 353 g/mol. The first kappa shape index (κ1) is 17.2. The Morgan fingerprint density at radius 2 is 1.76 bits per heavy atom. The second kappa shape index (κ2) is 7.98. The van der Waals surface area contributed by atoms with E-state index in [1.807, 2.05) is 67.6 Å². The standard InChI is InChI=1S/C19H19N3O2S/c1-2-13-22-18(24)20-21-19(22)25-17(15-11-7-4-8-12-15)16(23)14-9-5-3-6-10-14/h3-12,17H,2,13H2,1H3,(H,20,24). The number of carbonyl (C=O) groups is 1. The molecule has 0 fully saturated rings. The molecule has 3 aromatic rings. The minimum Gasteiger partial charge on any atom is -0.293 e. The number of nitrogens with zero attached hydrogens (tertiary/aromatic N) is 2. The van der Waals surface area contributed by atoms with E-state index in [1.54, 1.807) is 4.57 Å². The number of H-pyrrole nitrogens is 1. The van der Waals surface area contributed by atoms with Gasteiger partial charge in [0.25, 0.3) is 0 Å². The van der Waals surface area contributed by atoms with Crippen molar-refractivity contribution in [2.75, 3.05) is 0 Å². The van der Waals surface area contributed by atoms with Gasteiger partial charge < -0.3 is 0 Å². The van der Waals surface area contributed by atoms with E-state index in [9.17, 15) is 9.59 Å². The second-order valence-electron chi connectivity index (χ2n) is 5.60. The van der Waals surface area contributed by atoms with Crippen LogP contribution >= 0.6 is 11.8 Å². The van der Waals surface area contributed by atoms with Crippen molar-refractivity contribution < 1.29 is 4.79 Å². The van der Waals surface area contributed by atoms with Gasteiger partial charge in [0.2, 0.25) is 0 Å². The molecule has 1 unspecified atom stereocenters. The van der Waals surface area contributed by atoms with Gasteiger partial charge in [-0.3, -0.25) is 9.36 Å². The highest BCUT2D eigenvalue weighted by Gasteiger charge is 2.25. The van der Waals surface area contributed by atoms with Crippen molar-refractivity contribution in [1.29, 1.82) is 0 Å². The lowest BCUT2D eigenvalue weighted by Crippen LogP contribution is -2.18. The van der Waals surface area contributed by atoms with Crippen LogP contribution < -0.4 is 5.69 Å². The summed E-state index contributed by atoms with van der Waals surface area (Å²) in [6.45, 7) is 2.57. The minimum absolute atomic E-state index is 0.00435. The molecular formula is C19H19N3O2S. The first-order valence-corrected chi connectivity index (χ1v) is 9.04. The first-order valence-electron chi connectivity index (χ1n) is 8.16. The quantitative estimate of drug-likeness (QED) is 0.519. The predicted molar refractivity (Wildman–Crippen MR) is 99.0 cm³/mol. The van der Waals surface area contributed by atoms with Gasteiger partial charge in [0.15, 0.2) is 10.9 Å². The van der Waals surface area contributed by atoms with Crippen molar-refractivity contribution >= 4 is 17.5 Å². The maximum Gasteiger partial charge on any atom is 0.343 e. The van der Waals surface area contributed by atoms with E-state index in [0.29, 0.717) is 17.3 Å². The molecule has 1 atom stereocenters. The molecule has 128 valence electrons.